The molecular weight excluding hydrogens is 384 g/mol. The number of nitrogens with zero attached hydrogens (tertiary/aromatic N) is 2. The first-order chi connectivity index (χ1) is 13.6. The quantitative estimate of drug-likeness (QED) is 0.613. The van der Waals surface area contributed by atoms with Crippen molar-refractivity contribution in [3.05, 3.63) is 0 Å². The van der Waals surface area contributed by atoms with Crippen LogP contribution >= 0.6 is 0 Å². The van der Waals surface area contributed by atoms with Gasteiger partial charge in [-0.3, -0.25) is 0 Å². The number of hydrogen-bond donors (Lipinski definition) is 2. The third-order valence-electron chi connectivity index (χ3n) is 5.34. The molecule has 0 aliphatic carbocycles. The lowest BCUT2D eigenvalue weighted by Crippen LogP contribution is -2.50. The zero-order valence-electron chi connectivity index (χ0n) is 20.2. The van der Waals surface area contributed by atoms with Gasteiger partial charge in [-0.2, -0.15) is 0 Å². The summed E-state index contributed by atoms with van der Waals surface area (Å²) < 4.78 is 10.6. The van der Waals surface area contributed by atoms with Gasteiger partial charge in [0, 0.05) is 38.3 Å². The lowest BCUT2D eigenvalue weighted by Gasteiger charge is -2.35. The standard InChI is InChI=1S/2C11H22N2O2/c2*1-8-5-6-13(7-9(8)12)10(14)15-11(2,3)4/h2*8-9H,5-7,12H2,1-4H3/t2*8-,9-/m10/s1. The van der Waals surface area contributed by atoms with Crippen molar-refractivity contribution in [2.45, 2.75) is 91.5 Å². The summed E-state index contributed by atoms with van der Waals surface area (Å²) in [6.45, 7) is 18.2. The lowest BCUT2D eigenvalue weighted by atomic mass is 9.95. The van der Waals surface area contributed by atoms with E-state index in [1.54, 1.807) is 9.80 Å². The van der Waals surface area contributed by atoms with Crippen molar-refractivity contribution in [2.75, 3.05) is 26.2 Å². The molecule has 0 radical (unpaired) electrons. The molecule has 30 heavy (non-hydrogen) atoms. The number of nitrogens with two attached hydrogens (primary N) is 2. The van der Waals surface area contributed by atoms with Crippen LogP contribution in [-0.2, 0) is 9.47 Å². The van der Waals surface area contributed by atoms with Crippen molar-refractivity contribution >= 4 is 12.2 Å². The van der Waals surface area contributed by atoms with Gasteiger partial charge in [0.25, 0.3) is 0 Å². The lowest BCUT2D eigenvalue weighted by molar-refractivity contribution is 0.0157. The molecule has 8 heteroatoms. The molecule has 2 aliphatic rings. The van der Waals surface area contributed by atoms with Crippen LogP contribution in [0.25, 0.3) is 0 Å². The Morgan fingerprint density at radius 2 is 1.03 bits per heavy atom. The fraction of sp³-hybridized carbons (Fsp3) is 0.909. The second-order valence-electron chi connectivity index (χ2n) is 10.7. The summed E-state index contributed by atoms with van der Waals surface area (Å²) in [5, 5.41) is 0. The van der Waals surface area contributed by atoms with E-state index in [2.05, 4.69) is 13.8 Å². The molecule has 2 aliphatic heterocycles. The van der Waals surface area contributed by atoms with Gasteiger partial charge in [-0.25, -0.2) is 9.59 Å². The average molecular weight is 429 g/mol. The molecule has 2 heterocycles. The topological polar surface area (TPSA) is 111 Å². The van der Waals surface area contributed by atoms with Gasteiger partial charge in [0.2, 0.25) is 0 Å². The SMILES string of the molecule is C[C@@H]1CCN(C(=O)OC(C)(C)C)C[C@H]1N.C[C@H]1CCN(C(=O)OC(C)(C)C)C[C@@H]1N. The van der Waals surface area contributed by atoms with Gasteiger partial charge in [-0.1, -0.05) is 13.8 Å². The van der Waals surface area contributed by atoms with Gasteiger partial charge < -0.3 is 30.7 Å². The van der Waals surface area contributed by atoms with Crippen molar-refractivity contribution in [1.29, 1.82) is 0 Å². The maximum absolute atomic E-state index is 11.7. The van der Waals surface area contributed by atoms with Crippen LogP contribution in [0, 0.1) is 11.8 Å². The molecule has 8 nitrogen and oxygen atoms in total. The molecule has 0 aromatic heterocycles. The molecule has 0 unspecified atom stereocenters. The van der Waals surface area contributed by atoms with Gasteiger partial charge in [0.05, 0.1) is 0 Å². The first-order valence-electron chi connectivity index (χ1n) is 11.1. The largest absolute Gasteiger partial charge is 0.444 e. The van der Waals surface area contributed by atoms with Crippen LogP contribution in [0.1, 0.15) is 68.2 Å². The van der Waals surface area contributed by atoms with Crippen LogP contribution in [-0.4, -0.2) is 71.5 Å². The van der Waals surface area contributed by atoms with E-state index < -0.39 is 11.2 Å². The van der Waals surface area contributed by atoms with Crippen molar-refractivity contribution in [1.82, 2.24) is 9.80 Å². The number of likely N-dealkylation sites (tertiary alicyclic amines) is 2. The van der Waals surface area contributed by atoms with Gasteiger partial charge in [0.1, 0.15) is 11.2 Å². The summed E-state index contributed by atoms with van der Waals surface area (Å²) in [7, 11) is 0. The van der Waals surface area contributed by atoms with E-state index in [1.807, 2.05) is 41.5 Å². The highest BCUT2D eigenvalue weighted by atomic mass is 16.6. The Morgan fingerprint density at radius 3 is 1.27 bits per heavy atom. The molecule has 0 spiro atoms. The monoisotopic (exact) mass is 428 g/mol. The van der Waals surface area contributed by atoms with E-state index in [0.29, 0.717) is 24.9 Å². The minimum Gasteiger partial charge on any atom is -0.444 e. The third-order valence-corrected chi connectivity index (χ3v) is 5.34. The summed E-state index contributed by atoms with van der Waals surface area (Å²) in [5.74, 6) is 0.979. The summed E-state index contributed by atoms with van der Waals surface area (Å²) in [6.07, 6.45) is 1.43. The van der Waals surface area contributed by atoms with E-state index in [4.69, 9.17) is 20.9 Å². The van der Waals surface area contributed by atoms with Crippen LogP contribution in [0.2, 0.25) is 0 Å². The predicted molar refractivity (Wildman–Crippen MR) is 119 cm³/mol. The van der Waals surface area contributed by atoms with Crippen LogP contribution in [0.3, 0.4) is 0 Å². The van der Waals surface area contributed by atoms with Crippen LogP contribution in [0.15, 0.2) is 0 Å². The molecular formula is C22H44N4O4. The summed E-state index contributed by atoms with van der Waals surface area (Å²) in [5.41, 5.74) is 11.0. The Balaban J connectivity index is 0.000000300. The van der Waals surface area contributed by atoms with Crippen molar-refractivity contribution in [3.63, 3.8) is 0 Å². The normalized spacial score (nSPS) is 27.7. The Hall–Kier alpha value is -1.54. The molecule has 2 saturated heterocycles. The molecule has 0 saturated carbocycles. The minimum atomic E-state index is -0.426. The molecule has 0 bridgehead atoms. The smallest absolute Gasteiger partial charge is 0.410 e. The number of ether oxygens (including phenoxy) is 2. The summed E-state index contributed by atoms with van der Waals surface area (Å²) >= 11 is 0. The van der Waals surface area contributed by atoms with Crippen molar-refractivity contribution in [2.24, 2.45) is 23.3 Å². The first-order valence-corrected chi connectivity index (χ1v) is 11.1. The Kier molecular flexibility index (Phi) is 9.42. The van der Waals surface area contributed by atoms with Crippen LogP contribution in [0.4, 0.5) is 9.59 Å². The number of rotatable bonds is 0. The number of hydrogen-bond acceptors (Lipinski definition) is 6. The highest BCUT2D eigenvalue weighted by Gasteiger charge is 2.30. The maximum atomic E-state index is 11.7. The molecule has 2 amide bonds. The highest BCUT2D eigenvalue weighted by Crippen LogP contribution is 2.19. The fourth-order valence-electron chi connectivity index (χ4n) is 3.18. The highest BCUT2D eigenvalue weighted by molar-refractivity contribution is 5.68. The Bertz CT molecular complexity index is 520. The molecule has 2 fully saturated rings. The maximum Gasteiger partial charge on any atom is 0.410 e. The van der Waals surface area contributed by atoms with Gasteiger partial charge >= 0.3 is 12.2 Å². The molecule has 0 aromatic carbocycles. The van der Waals surface area contributed by atoms with Crippen LogP contribution in [0.5, 0.6) is 0 Å². The summed E-state index contributed by atoms with van der Waals surface area (Å²) in [6, 6.07) is 0.150. The van der Waals surface area contributed by atoms with Crippen LogP contribution < -0.4 is 11.5 Å². The van der Waals surface area contributed by atoms with Crippen molar-refractivity contribution in [3.8, 4) is 0 Å². The van der Waals surface area contributed by atoms with E-state index in [1.165, 1.54) is 0 Å². The first kappa shape index (κ1) is 26.5. The molecule has 0 aromatic rings. The van der Waals surface area contributed by atoms with Gasteiger partial charge in [-0.05, 0) is 66.2 Å². The Morgan fingerprint density at radius 1 is 0.733 bits per heavy atom. The van der Waals surface area contributed by atoms with E-state index in [9.17, 15) is 9.59 Å². The second kappa shape index (κ2) is 10.7. The van der Waals surface area contributed by atoms with E-state index in [0.717, 1.165) is 25.9 Å². The minimum absolute atomic E-state index is 0.0752. The average Bonchev–Trinajstić information content (AvgIpc) is 2.57. The number of carbonyl (C=O) groups is 2. The number of piperidine rings is 2. The molecule has 2 rings (SSSR count). The van der Waals surface area contributed by atoms with Gasteiger partial charge in [0.15, 0.2) is 0 Å². The summed E-state index contributed by atoms with van der Waals surface area (Å²) in [4.78, 5) is 26.8. The fourth-order valence-corrected chi connectivity index (χ4v) is 3.18. The van der Waals surface area contributed by atoms with E-state index in [-0.39, 0.29) is 24.3 Å². The molecule has 176 valence electrons. The predicted octanol–water partition coefficient (Wildman–Crippen LogP) is 3.18. The van der Waals surface area contributed by atoms with Gasteiger partial charge in [-0.15, -0.1) is 0 Å². The second-order valence-corrected chi connectivity index (χ2v) is 10.7. The van der Waals surface area contributed by atoms with Crippen molar-refractivity contribution < 1.29 is 19.1 Å². The zero-order chi connectivity index (χ0) is 23.3. The molecule has 4 atom stereocenters. The Labute approximate surface area is 182 Å². The molecule has 4 N–H and O–H groups in total. The third kappa shape index (κ3) is 9.51. The number of amides is 2. The zero-order valence-corrected chi connectivity index (χ0v) is 20.2. The number of carbonyl (C=O) groups excluding carboxylic acids is 2. The van der Waals surface area contributed by atoms with E-state index >= 15 is 0 Å².